The minimum absolute atomic E-state index is 0.622. The fraction of sp³-hybridized carbons (Fsp3) is 0.586. The molecule has 2 aromatic rings. The third-order valence-electron chi connectivity index (χ3n) is 6.81. The van der Waals surface area contributed by atoms with E-state index in [1.165, 1.54) is 95.5 Å². The lowest BCUT2D eigenvalue weighted by molar-refractivity contribution is 0.571. The number of benzene rings is 2. The smallest absolute Gasteiger partial charge is 0.0102 e. The molecule has 0 saturated carbocycles. The van der Waals surface area contributed by atoms with E-state index in [0.29, 0.717) is 5.92 Å². The fourth-order valence-electron chi connectivity index (χ4n) is 5.18. The van der Waals surface area contributed by atoms with E-state index in [4.69, 9.17) is 0 Å². The minimum Gasteiger partial charge on any atom is -0.0654 e. The number of aryl methyl sites for hydroxylation is 1. The van der Waals surface area contributed by atoms with Crippen LogP contribution in [0.15, 0.2) is 42.5 Å². The second-order valence-electron chi connectivity index (χ2n) is 9.10. The third kappa shape index (κ3) is 5.97. The molecule has 1 aliphatic rings. The molecule has 0 N–H and O–H groups in total. The van der Waals surface area contributed by atoms with Crippen molar-refractivity contribution in [1.82, 2.24) is 0 Å². The number of hydrogen-bond donors (Lipinski definition) is 0. The van der Waals surface area contributed by atoms with Crippen LogP contribution in [-0.4, -0.2) is 0 Å². The molecule has 0 saturated heterocycles. The van der Waals surface area contributed by atoms with Crippen molar-refractivity contribution < 1.29 is 0 Å². The van der Waals surface area contributed by atoms with Gasteiger partial charge in [0.05, 0.1) is 0 Å². The summed E-state index contributed by atoms with van der Waals surface area (Å²) in [6, 6.07) is 16.4. The molecule has 1 atom stereocenters. The molecule has 1 aliphatic carbocycles. The number of unbranched alkanes of at least 4 members (excludes halogenated alkanes) is 10. The maximum atomic E-state index is 2.42. The molecule has 2 aromatic carbocycles. The van der Waals surface area contributed by atoms with Crippen molar-refractivity contribution in [3.8, 4) is 11.1 Å². The van der Waals surface area contributed by atoms with Gasteiger partial charge in [-0.15, -0.1) is 0 Å². The predicted octanol–water partition coefficient (Wildman–Crippen LogP) is 9.45. The van der Waals surface area contributed by atoms with Crippen LogP contribution in [0.5, 0.6) is 0 Å². The zero-order valence-electron chi connectivity index (χ0n) is 19.0. The first-order valence-corrected chi connectivity index (χ1v) is 12.6. The predicted molar refractivity (Wildman–Crippen MR) is 129 cm³/mol. The quantitative estimate of drug-likeness (QED) is 0.282. The van der Waals surface area contributed by atoms with Crippen molar-refractivity contribution in [2.45, 2.75) is 110 Å². The van der Waals surface area contributed by atoms with Gasteiger partial charge < -0.3 is 0 Å². The van der Waals surface area contributed by atoms with Crippen LogP contribution >= 0.6 is 0 Å². The Hall–Kier alpha value is -1.56. The van der Waals surface area contributed by atoms with Crippen molar-refractivity contribution >= 4 is 0 Å². The van der Waals surface area contributed by atoms with Gasteiger partial charge in [-0.1, -0.05) is 127 Å². The van der Waals surface area contributed by atoms with E-state index in [1.54, 1.807) is 22.3 Å². The van der Waals surface area contributed by atoms with Gasteiger partial charge >= 0.3 is 0 Å². The molecule has 0 bridgehead atoms. The van der Waals surface area contributed by atoms with Gasteiger partial charge in [0.2, 0.25) is 0 Å². The largest absolute Gasteiger partial charge is 0.0654 e. The number of rotatable bonds is 14. The summed E-state index contributed by atoms with van der Waals surface area (Å²) in [7, 11) is 0. The fourth-order valence-corrected chi connectivity index (χ4v) is 5.18. The van der Waals surface area contributed by atoms with Crippen molar-refractivity contribution in [3.05, 3.63) is 59.2 Å². The topological polar surface area (TPSA) is 0 Å². The average Bonchev–Trinajstić information content (AvgIpc) is 3.07. The van der Waals surface area contributed by atoms with Gasteiger partial charge in [0.15, 0.2) is 0 Å². The van der Waals surface area contributed by atoms with Crippen molar-refractivity contribution in [2.24, 2.45) is 0 Å². The van der Waals surface area contributed by atoms with Crippen LogP contribution in [0.25, 0.3) is 11.1 Å². The molecule has 158 valence electrons. The molecule has 3 rings (SSSR count). The summed E-state index contributed by atoms with van der Waals surface area (Å²) in [6.07, 6.45) is 19.1. The highest BCUT2D eigenvalue weighted by atomic mass is 14.3. The molecule has 0 aromatic heterocycles. The monoisotopic (exact) mass is 390 g/mol. The first kappa shape index (κ1) is 22.1. The highest BCUT2D eigenvalue weighted by Crippen LogP contribution is 2.48. The van der Waals surface area contributed by atoms with Crippen LogP contribution in [0.2, 0.25) is 0 Å². The van der Waals surface area contributed by atoms with Crippen molar-refractivity contribution in [2.75, 3.05) is 0 Å². The summed E-state index contributed by atoms with van der Waals surface area (Å²) in [5, 5.41) is 0. The van der Waals surface area contributed by atoms with E-state index in [9.17, 15) is 0 Å². The van der Waals surface area contributed by atoms with Crippen LogP contribution in [0.1, 0.15) is 120 Å². The Kier molecular flexibility index (Phi) is 9.32. The van der Waals surface area contributed by atoms with Gasteiger partial charge in [-0.3, -0.25) is 0 Å². The Balaban J connectivity index is 1.65. The van der Waals surface area contributed by atoms with Crippen LogP contribution in [0, 0.1) is 0 Å². The Labute approximate surface area is 180 Å². The molecule has 0 nitrogen and oxygen atoms in total. The molecular formula is C29H42. The van der Waals surface area contributed by atoms with E-state index >= 15 is 0 Å². The number of hydrogen-bond acceptors (Lipinski definition) is 0. The summed E-state index contributed by atoms with van der Waals surface area (Å²) >= 11 is 0. The lowest BCUT2D eigenvalue weighted by atomic mass is 9.90. The molecule has 0 amide bonds. The Morgan fingerprint density at radius 1 is 0.586 bits per heavy atom. The molecular weight excluding hydrogens is 348 g/mol. The van der Waals surface area contributed by atoms with E-state index in [-0.39, 0.29) is 0 Å². The maximum Gasteiger partial charge on any atom is 0.0102 e. The Morgan fingerprint density at radius 3 is 1.97 bits per heavy atom. The zero-order chi connectivity index (χ0) is 20.3. The molecule has 0 spiro atoms. The lowest BCUT2D eigenvalue weighted by Gasteiger charge is -2.14. The van der Waals surface area contributed by atoms with Gasteiger partial charge in [0.25, 0.3) is 0 Å². The maximum absolute atomic E-state index is 2.42. The summed E-state index contributed by atoms with van der Waals surface area (Å²) in [6.45, 7) is 4.60. The molecule has 29 heavy (non-hydrogen) atoms. The summed E-state index contributed by atoms with van der Waals surface area (Å²) in [5.41, 5.74) is 7.92. The average molecular weight is 391 g/mol. The van der Waals surface area contributed by atoms with Crippen LogP contribution in [0.4, 0.5) is 0 Å². The highest BCUT2D eigenvalue weighted by molar-refractivity contribution is 5.81. The van der Waals surface area contributed by atoms with E-state index in [1.807, 2.05) is 0 Å². The van der Waals surface area contributed by atoms with Crippen LogP contribution in [0.3, 0.4) is 0 Å². The standard InChI is InChI=1S/C29H42/c1-3-5-7-9-11-13-18-24-19-17-23-28-25(20-14-12-10-8-6-4-2)26-21-15-16-22-27(26)29(24)28/h15-17,19,21-23,25H,3-14,18,20H2,1-2H3. The lowest BCUT2D eigenvalue weighted by Crippen LogP contribution is -1.98. The summed E-state index contributed by atoms with van der Waals surface area (Å²) in [4.78, 5) is 0. The van der Waals surface area contributed by atoms with Gasteiger partial charge in [-0.25, -0.2) is 0 Å². The molecule has 0 radical (unpaired) electrons. The van der Waals surface area contributed by atoms with E-state index in [0.717, 1.165) is 0 Å². The Morgan fingerprint density at radius 2 is 1.21 bits per heavy atom. The molecule has 1 unspecified atom stereocenters. The van der Waals surface area contributed by atoms with Gasteiger partial charge in [-0.05, 0) is 47.1 Å². The highest BCUT2D eigenvalue weighted by Gasteiger charge is 2.29. The summed E-state index contributed by atoms with van der Waals surface area (Å²) in [5.74, 6) is 0.622. The summed E-state index contributed by atoms with van der Waals surface area (Å²) < 4.78 is 0. The van der Waals surface area contributed by atoms with Gasteiger partial charge in [-0.2, -0.15) is 0 Å². The van der Waals surface area contributed by atoms with Crippen molar-refractivity contribution in [3.63, 3.8) is 0 Å². The Bertz CT molecular complexity index is 727. The normalized spacial score (nSPS) is 14.8. The second-order valence-corrected chi connectivity index (χ2v) is 9.10. The molecule has 0 heteroatoms. The van der Waals surface area contributed by atoms with Crippen molar-refractivity contribution in [1.29, 1.82) is 0 Å². The second kappa shape index (κ2) is 12.2. The van der Waals surface area contributed by atoms with E-state index < -0.39 is 0 Å². The number of fused-ring (bicyclic) bond motifs is 3. The molecule has 0 aliphatic heterocycles. The van der Waals surface area contributed by atoms with Crippen LogP contribution in [-0.2, 0) is 6.42 Å². The zero-order valence-corrected chi connectivity index (χ0v) is 19.0. The molecule has 0 heterocycles. The molecule has 0 fully saturated rings. The first-order chi connectivity index (χ1) is 14.4. The minimum atomic E-state index is 0.622. The third-order valence-corrected chi connectivity index (χ3v) is 6.81. The van der Waals surface area contributed by atoms with Gasteiger partial charge in [0.1, 0.15) is 0 Å². The first-order valence-electron chi connectivity index (χ1n) is 12.6. The van der Waals surface area contributed by atoms with Gasteiger partial charge in [0, 0.05) is 5.92 Å². The van der Waals surface area contributed by atoms with Crippen LogP contribution < -0.4 is 0 Å². The SMILES string of the molecule is CCCCCCCCc1cccc2c1-c1ccccc1C2CCCCCCCC. The van der Waals surface area contributed by atoms with E-state index in [2.05, 4.69) is 56.3 Å².